The summed E-state index contributed by atoms with van der Waals surface area (Å²) in [6, 6.07) is 12.5. The molecule has 4 nitrogen and oxygen atoms in total. The van der Waals surface area contributed by atoms with Crippen LogP contribution in [0.2, 0.25) is 0 Å². The molecular weight excluding hydrogens is 396 g/mol. The summed E-state index contributed by atoms with van der Waals surface area (Å²) in [7, 11) is 0. The lowest BCUT2D eigenvalue weighted by atomic mass is 9.84. The fourth-order valence-electron chi connectivity index (χ4n) is 4.54. The summed E-state index contributed by atoms with van der Waals surface area (Å²) in [5, 5.41) is 0. The van der Waals surface area contributed by atoms with E-state index in [2.05, 4.69) is 15.9 Å². The number of benzene rings is 2. The monoisotopic (exact) mass is 412 g/mol. The van der Waals surface area contributed by atoms with E-state index in [-0.39, 0.29) is 11.6 Å². The summed E-state index contributed by atoms with van der Waals surface area (Å²) in [4.78, 5) is 38.8. The van der Waals surface area contributed by atoms with Crippen LogP contribution in [0.25, 0.3) is 0 Å². The molecule has 1 aliphatic carbocycles. The van der Waals surface area contributed by atoms with Crippen LogP contribution in [0.15, 0.2) is 46.9 Å². The van der Waals surface area contributed by atoms with Crippen molar-refractivity contribution >= 4 is 33.5 Å². The number of ketones is 2. The highest BCUT2D eigenvalue weighted by Gasteiger charge is 2.86. The molecule has 1 fully saturated rings. The van der Waals surface area contributed by atoms with Gasteiger partial charge in [-0.25, -0.2) is 0 Å². The van der Waals surface area contributed by atoms with E-state index in [1.165, 1.54) is 6.92 Å². The van der Waals surface area contributed by atoms with Crippen LogP contribution in [0.3, 0.4) is 0 Å². The first-order chi connectivity index (χ1) is 12.2. The number of hydrogen-bond donors (Lipinski definition) is 0. The number of ether oxygens (including phenoxy) is 1. The normalized spacial score (nSPS) is 28.6. The molecule has 132 valence electrons. The molecule has 0 N–H and O–H groups in total. The maximum absolute atomic E-state index is 13.4. The minimum atomic E-state index is -1.46. The van der Waals surface area contributed by atoms with Gasteiger partial charge < -0.3 is 4.74 Å². The van der Waals surface area contributed by atoms with Crippen LogP contribution < -0.4 is 4.74 Å². The van der Waals surface area contributed by atoms with Crippen LogP contribution in [0.4, 0.5) is 0 Å². The molecule has 0 unspecified atom stereocenters. The van der Waals surface area contributed by atoms with Gasteiger partial charge in [-0.3, -0.25) is 14.4 Å². The smallest absolute Gasteiger partial charge is 0.326 e. The predicted octanol–water partition coefficient (Wildman–Crippen LogP) is 4.24. The van der Waals surface area contributed by atoms with Gasteiger partial charge in [-0.1, -0.05) is 52.7 Å². The number of Topliss-reactive ketones (excluding diaryl/α,β-unsaturated/α-hetero) is 2. The third kappa shape index (κ3) is 1.92. The number of carbonyl (C=O) groups is 3. The van der Waals surface area contributed by atoms with Gasteiger partial charge >= 0.3 is 5.97 Å². The number of rotatable bonds is 3. The Hall–Kier alpha value is -2.27. The fraction of sp³-hybridized carbons (Fsp3) is 0.286. The van der Waals surface area contributed by atoms with Gasteiger partial charge in [0, 0.05) is 21.5 Å². The molecule has 0 radical (unpaired) electrons. The predicted molar refractivity (Wildman–Crippen MR) is 99.2 cm³/mol. The number of halogens is 1. The molecule has 0 aromatic heterocycles. The first-order valence-corrected chi connectivity index (χ1v) is 9.18. The summed E-state index contributed by atoms with van der Waals surface area (Å²) >= 11 is 3.42. The van der Waals surface area contributed by atoms with Crippen LogP contribution in [0.1, 0.15) is 41.3 Å². The lowest BCUT2D eigenvalue weighted by Crippen LogP contribution is -2.37. The van der Waals surface area contributed by atoms with Crippen LogP contribution >= 0.6 is 15.9 Å². The Labute approximate surface area is 159 Å². The molecule has 1 heterocycles. The maximum atomic E-state index is 13.4. The SMILES string of the molecule is CC(=O)[C@]12C(=O)Oc3ccc(Br)cc3[C@H]1[C@@]2(C)C(=O)c1ccc(C)cc1. The van der Waals surface area contributed by atoms with Crippen molar-refractivity contribution in [3.8, 4) is 5.75 Å². The number of aryl methyl sites for hydroxylation is 1. The molecule has 4 rings (SSSR count). The third-order valence-corrected chi connectivity index (χ3v) is 6.39. The summed E-state index contributed by atoms with van der Waals surface area (Å²) in [6.45, 7) is 5.01. The standard InChI is InChI=1S/C21H17BrO4/c1-11-4-6-13(7-5-11)18(24)20(3)17-15-10-14(22)8-9-16(15)26-19(25)21(17,20)12(2)23/h4-10,17H,1-3H3/t17-,20-,21+/m0/s1. The molecule has 2 aliphatic rings. The first-order valence-electron chi connectivity index (χ1n) is 8.39. The van der Waals surface area contributed by atoms with E-state index < -0.39 is 22.7 Å². The second-order valence-electron chi connectivity index (χ2n) is 7.27. The highest BCUT2D eigenvalue weighted by molar-refractivity contribution is 9.10. The molecular formula is C21H17BrO4. The van der Waals surface area contributed by atoms with Crippen molar-refractivity contribution in [1.29, 1.82) is 0 Å². The average Bonchev–Trinajstić information content (AvgIpc) is 3.20. The molecule has 0 spiro atoms. The Bertz CT molecular complexity index is 978. The van der Waals surface area contributed by atoms with Gasteiger partial charge in [0.25, 0.3) is 0 Å². The second kappa shape index (κ2) is 5.36. The van der Waals surface area contributed by atoms with Crippen molar-refractivity contribution in [3.63, 3.8) is 0 Å². The minimum absolute atomic E-state index is 0.206. The van der Waals surface area contributed by atoms with Gasteiger partial charge in [0.1, 0.15) is 16.9 Å². The van der Waals surface area contributed by atoms with E-state index >= 15 is 0 Å². The molecule has 1 saturated carbocycles. The number of hydrogen-bond acceptors (Lipinski definition) is 4. The lowest BCUT2D eigenvalue weighted by Gasteiger charge is -2.21. The molecule has 26 heavy (non-hydrogen) atoms. The molecule has 0 saturated heterocycles. The highest BCUT2D eigenvalue weighted by Crippen LogP contribution is 2.78. The fourth-order valence-corrected chi connectivity index (χ4v) is 4.92. The van der Waals surface area contributed by atoms with E-state index in [4.69, 9.17) is 4.74 Å². The van der Waals surface area contributed by atoms with Crippen LogP contribution in [0, 0.1) is 17.8 Å². The van der Waals surface area contributed by atoms with Gasteiger partial charge in [-0.15, -0.1) is 0 Å². The Morgan fingerprint density at radius 1 is 1.12 bits per heavy atom. The number of esters is 1. The van der Waals surface area contributed by atoms with Crippen molar-refractivity contribution in [2.24, 2.45) is 10.8 Å². The van der Waals surface area contributed by atoms with Gasteiger partial charge in [0.2, 0.25) is 0 Å². The van der Waals surface area contributed by atoms with Gasteiger partial charge in [0.05, 0.1) is 5.41 Å². The van der Waals surface area contributed by atoms with Crippen molar-refractivity contribution < 1.29 is 19.1 Å². The second-order valence-corrected chi connectivity index (χ2v) is 8.18. The third-order valence-electron chi connectivity index (χ3n) is 5.89. The summed E-state index contributed by atoms with van der Waals surface area (Å²) < 4.78 is 6.28. The first kappa shape index (κ1) is 17.2. The van der Waals surface area contributed by atoms with E-state index in [0.29, 0.717) is 11.3 Å². The Morgan fingerprint density at radius 3 is 2.38 bits per heavy atom. The summed E-state index contributed by atoms with van der Waals surface area (Å²) in [5.74, 6) is -1.27. The lowest BCUT2D eigenvalue weighted by molar-refractivity contribution is -0.147. The van der Waals surface area contributed by atoms with Crippen LogP contribution in [0.5, 0.6) is 5.75 Å². The van der Waals surface area contributed by atoms with E-state index in [1.807, 2.05) is 25.1 Å². The zero-order valence-electron chi connectivity index (χ0n) is 14.6. The Morgan fingerprint density at radius 2 is 1.77 bits per heavy atom. The van der Waals surface area contributed by atoms with E-state index in [1.54, 1.807) is 31.2 Å². The maximum Gasteiger partial charge on any atom is 0.326 e. The average molecular weight is 413 g/mol. The van der Waals surface area contributed by atoms with Crippen molar-refractivity contribution in [2.45, 2.75) is 26.7 Å². The highest BCUT2D eigenvalue weighted by atomic mass is 79.9. The minimum Gasteiger partial charge on any atom is -0.425 e. The number of carbonyl (C=O) groups excluding carboxylic acids is 3. The molecule has 1 aliphatic heterocycles. The Kier molecular flexibility index (Phi) is 3.54. The molecule has 0 amide bonds. The summed E-state index contributed by atoms with van der Waals surface area (Å²) in [6.07, 6.45) is 0. The Balaban J connectivity index is 1.91. The van der Waals surface area contributed by atoms with E-state index in [0.717, 1.165) is 15.6 Å². The topological polar surface area (TPSA) is 60.4 Å². The molecule has 2 aromatic carbocycles. The molecule has 0 bridgehead atoms. The molecule has 2 aromatic rings. The van der Waals surface area contributed by atoms with Gasteiger partial charge in [0.15, 0.2) is 5.78 Å². The van der Waals surface area contributed by atoms with Crippen molar-refractivity contribution in [1.82, 2.24) is 0 Å². The van der Waals surface area contributed by atoms with Crippen LogP contribution in [-0.2, 0) is 9.59 Å². The van der Waals surface area contributed by atoms with E-state index in [9.17, 15) is 14.4 Å². The zero-order chi connectivity index (χ0) is 18.9. The van der Waals surface area contributed by atoms with Crippen molar-refractivity contribution in [3.05, 3.63) is 63.6 Å². The zero-order valence-corrected chi connectivity index (χ0v) is 16.2. The van der Waals surface area contributed by atoms with Gasteiger partial charge in [-0.2, -0.15) is 0 Å². The quantitative estimate of drug-likeness (QED) is 0.327. The number of fused-ring (bicyclic) bond motifs is 3. The molecule has 3 atom stereocenters. The van der Waals surface area contributed by atoms with Gasteiger partial charge in [-0.05, 0) is 32.0 Å². The largest absolute Gasteiger partial charge is 0.425 e. The molecule has 5 heteroatoms. The van der Waals surface area contributed by atoms with Crippen molar-refractivity contribution in [2.75, 3.05) is 0 Å². The summed E-state index contributed by atoms with van der Waals surface area (Å²) in [5.41, 5.74) is -0.357. The van der Waals surface area contributed by atoms with Crippen LogP contribution in [-0.4, -0.2) is 17.5 Å².